The van der Waals surface area contributed by atoms with Crippen LogP contribution in [0.25, 0.3) is 22.5 Å². The first-order valence-electron chi connectivity index (χ1n) is 6.72. The fourth-order valence-corrected chi connectivity index (χ4v) is 2.45. The van der Waals surface area contributed by atoms with Crippen LogP contribution in [0.5, 0.6) is 0 Å². The summed E-state index contributed by atoms with van der Waals surface area (Å²) in [6.45, 7) is 0. The summed E-state index contributed by atoms with van der Waals surface area (Å²) in [5, 5.41) is -0.0988. The van der Waals surface area contributed by atoms with Crippen molar-refractivity contribution >= 4 is 11.6 Å². The Labute approximate surface area is 135 Å². The molecule has 0 amide bonds. The van der Waals surface area contributed by atoms with E-state index in [1.54, 1.807) is 12.1 Å². The predicted octanol–water partition coefficient (Wildman–Crippen LogP) is 5.48. The summed E-state index contributed by atoms with van der Waals surface area (Å²) in [5.41, 5.74) is 0.576. The molecule has 0 atom stereocenters. The maximum Gasteiger partial charge on any atom is 0.417 e. The van der Waals surface area contributed by atoms with E-state index >= 15 is 0 Å². The van der Waals surface area contributed by atoms with Crippen molar-refractivity contribution in [3.05, 3.63) is 71.5 Å². The lowest BCUT2D eigenvalue weighted by Crippen LogP contribution is -2.07. The molecule has 3 rings (SSSR count). The molecular formula is C17H10ClF3N2. The molecule has 116 valence electrons. The van der Waals surface area contributed by atoms with Crippen molar-refractivity contribution in [2.24, 2.45) is 0 Å². The lowest BCUT2D eigenvalue weighted by molar-refractivity contribution is -0.137. The summed E-state index contributed by atoms with van der Waals surface area (Å²) in [4.78, 5) is 8.05. The standard InChI is InChI=1S/C17H10ClF3N2/c18-16-22-14(11-6-2-1-3-7-11)10-15(23-16)12-8-4-5-9-13(12)17(19,20)21/h1-10H. The van der Waals surface area contributed by atoms with Crippen LogP contribution >= 0.6 is 11.6 Å². The Morgan fingerprint density at radius 2 is 1.39 bits per heavy atom. The van der Waals surface area contributed by atoms with Crippen LogP contribution < -0.4 is 0 Å². The second kappa shape index (κ2) is 6.01. The molecule has 6 heteroatoms. The summed E-state index contributed by atoms with van der Waals surface area (Å²) in [7, 11) is 0. The van der Waals surface area contributed by atoms with Crippen molar-refractivity contribution in [2.45, 2.75) is 6.18 Å². The molecule has 1 heterocycles. The van der Waals surface area contributed by atoms with E-state index in [2.05, 4.69) is 9.97 Å². The Balaban J connectivity index is 2.18. The van der Waals surface area contributed by atoms with Crippen LogP contribution in [0.15, 0.2) is 60.7 Å². The number of alkyl halides is 3. The zero-order valence-corrected chi connectivity index (χ0v) is 12.4. The summed E-state index contributed by atoms with van der Waals surface area (Å²) in [6, 6.07) is 15.8. The minimum atomic E-state index is -4.47. The van der Waals surface area contributed by atoms with Gasteiger partial charge in [-0.05, 0) is 23.7 Å². The molecule has 0 spiro atoms. The molecule has 0 aliphatic carbocycles. The van der Waals surface area contributed by atoms with Crippen molar-refractivity contribution in [1.29, 1.82) is 0 Å². The molecule has 0 unspecified atom stereocenters. The monoisotopic (exact) mass is 334 g/mol. The third-order valence-electron chi connectivity index (χ3n) is 3.28. The van der Waals surface area contributed by atoms with E-state index in [9.17, 15) is 13.2 Å². The van der Waals surface area contributed by atoms with Crippen molar-refractivity contribution in [1.82, 2.24) is 9.97 Å². The zero-order chi connectivity index (χ0) is 16.4. The maximum absolute atomic E-state index is 13.2. The molecule has 2 nitrogen and oxygen atoms in total. The van der Waals surface area contributed by atoms with E-state index in [0.717, 1.165) is 11.6 Å². The van der Waals surface area contributed by atoms with Gasteiger partial charge in [-0.1, -0.05) is 48.5 Å². The summed E-state index contributed by atoms with van der Waals surface area (Å²) in [5.74, 6) is 0. The van der Waals surface area contributed by atoms with Gasteiger partial charge in [0.05, 0.1) is 17.0 Å². The molecule has 23 heavy (non-hydrogen) atoms. The summed E-state index contributed by atoms with van der Waals surface area (Å²) >= 11 is 5.91. The lowest BCUT2D eigenvalue weighted by Gasteiger charge is -2.13. The van der Waals surface area contributed by atoms with Gasteiger partial charge in [0.15, 0.2) is 0 Å². The fourth-order valence-electron chi connectivity index (χ4n) is 2.27. The number of nitrogens with zero attached hydrogens (tertiary/aromatic N) is 2. The summed E-state index contributed by atoms with van der Waals surface area (Å²) in [6.07, 6.45) is -4.47. The first-order chi connectivity index (χ1) is 10.9. The van der Waals surface area contributed by atoms with Gasteiger partial charge in [0.1, 0.15) is 0 Å². The Morgan fingerprint density at radius 1 is 0.783 bits per heavy atom. The quantitative estimate of drug-likeness (QED) is 0.580. The molecule has 0 saturated heterocycles. The van der Waals surface area contributed by atoms with E-state index in [1.807, 2.05) is 18.2 Å². The van der Waals surface area contributed by atoms with E-state index < -0.39 is 11.7 Å². The highest BCUT2D eigenvalue weighted by atomic mass is 35.5. The van der Waals surface area contributed by atoms with E-state index in [4.69, 9.17) is 11.6 Å². The highest BCUT2D eigenvalue weighted by molar-refractivity contribution is 6.28. The highest BCUT2D eigenvalue weighted by Gasteiger charge is 2.33. The zero-order valence-electron chi connectivity index (χ0n) is 11.7. The Bertz CT molecular complexity index is 833. The van der Waals surface area contributed by atoms with Gasteiger partial charge in [-0.2, -0.15) is 13.2 Å². The molecule has 0 aliphatic heterocycles. The van der Waals surface area contributed by atoms with Gasteiger partial charge >= 0.3 is 6.18 Å². The third kappa shape index (κ3) is 3.35. The minimum Gasteiger partial charge on any atom is -0.218 e. The van der Waals surface area contributed by atoms with Gasteiger partial charge in [0.2, 0.25) is 5.28 Å². The van der Waals surface area contributed by atoms with Gasteiger partial charge in [0.25, 0.3) is 0 Å². The SMILES string of the molecule is FC(F)(F)c1ccccc1-c1cc(-c2ccccc2)nc(Cl)n1. The van der Waals surface area contributed by atoms with Gasteiger partial charge in [0, 0.05) is 11.1 Å². The van der Waals surface area contributed by atoms with Gasteiger partial charge in [-0.15, -0.1) is 0 Å². The number of benzene rings is 2. The molecule has 1 aromatic heterocycles. The molecule has 0 N–H and O–H groups in total. The second-order valence-electron chi connectivity index (χ2n) is 4.82. The highest BCUT2D eigenvalue weighted by Crippen LogP contribution is 2.37. The Kier molecular flexibility index (Phi) is 4.05. The summed E-state index contributed by atoms with van der Waals surface area (Å²) < 4.78 is 39.5. The van der Waals surface area contributed by atoms with Crippen LogP contribution in [0.1, 0.15) is 5.56 Å². The molecule has 0 aliphatic rings. The molecule has 3 aromatic rings. The average molecular weight is 335 g/mol. The number of aromatic nitrogens is 2. The molecule has 0 bridgehead atoms. The van der Waals surface area contributed by atoms with Crippen molar-refractivity contribution in [2.75, 3.05) is 0 Å². The first kappa shape index (κ1) is 15.5. The Morgan fingerprint density at radius 3 is 2.09 bits per heavy atom. The van der Waals surface area contributed by atoms with Crippen molar-refractivity contribution in [3.63, 3.8) is 0 Å². The fraction of sp³-hybridized carbons (Fsp3) is 0.0588. The van der Waals surface area contributed by atoms with Crippen LogP contribution in [0, 0.1) is 0 Å². The van der Waals surface area contributed by atoms with Crippen LogP contribution in [0.4, 0.5) is 13.2 Å². The largest absolute Gasteiger partial charge is 0.417 e. The van der Waals surface area contributed by atoms with E-state index in [-0.39, 0.29) is 16.5 Å². The molecular weight excluding hydrogens is 325 g/mol. The van der Waals surface area contributed by atoms with Gasteiger partial charge in [-0.3, -0.25) is 0 Å². The Hall–Kier alpha value is -2.40. The van der Waals surface area contributed by atoms with Gasteiger partial charge < -0.3 is 0 Å². The van der Waals surface area contributed by atoms with Crippen LogP contribution in [-0.4, -0.2) is 9.97 Å². The predicted molar refractivity (Wildman–Crippen MR) is 82.9 cm³/mol. The van der Waals surface area contributed by atoms with Crippen molar-refractivity contribution in [3.8, 4) is 22.5 Å². The normalized spacial score (nSPS) is 11.5. The van der Waals surface area contributed by atoms with Crippen molar-refractivity contribution < 1.29 is 13.2 Å². The lowest BCUT2D eigenvalue weighted by atomic mass is 10.0. The van der Waals surface area contributed by atoms with Gasteiger partial charge in [-0.25, -0.2) is 9.97 Å². The topological polar surface area (TPSA) is 25.8 Å². The van der Waals surface area contributed by atoms with E-state index in [1.165, 1.54) is 24.3 Å². The van der Waals surface area contributed by atoms with Crippen LogP contribution in [0.3, 0.4) is 0 Å². The molecule has 0 fully saturated rings. The molecule has 0 saturated carbocycles. The van der Waals surface area contributed by atoms with Crippen LogP contribution in [-0.2, 0) is 6.18 Å². The van der Waals surface area contributed by atoms with Crippen LogP contribution in [0.2, 0.25) is 5.28 Å². The minimum absolute atomic E-state index is 0.0264. The first-order valence-corrected chi connectivity index (χ1v) is 7.09. The second-order valence-corrected chi connectivity index (χ2v) is 5.15. The maximum atomic E-state index is 13.2. The number of halogens is 4. The molecule has 2 aromatic carbocycles. The number of hydrogen-bond donors (Lipinski definition) is 0. The third-order valence-corrected chi connectivity index (χ3v) is 3.45. The molecule has 0 radical (unpaired) electrons. The smallest absolute Gasteiger partial charge is 0.218 e. The number of hydrogen-bond acceptors (Lipinski definition) is 2. The average Bonchev–Trinajstić information content (AvgIpc) is 2.54. The van der Waals surface area contributed by atoms with E-state index in [0.29, 0.717) is 5.69 Å². The number of rotatable bonds is 2.